The van der Waals surface area contributed by atoms with Crippen LogP contribution in [0.4, 0.5) is 0 Å². The third kappa shape index (κ3) is 2.92. The van der Waals surface area contributed by atoms with Gasteiger partial charge in [0, 0.05) is 12.6 Å². The molecule has 4 nitrogen and oxygen atoms in total. The summed E-state index contributed by atoms with van der Waals surface area (Å²) in [5, 5.41) is 3.27. The molecule has 1 aliphatic rings. The summed E-state index contributed by atoms with van der Waals surface area (Å²) in [4.78, 5) is 15.9. The Hall–Kier alpha value is -0.610. The van der Waals surface area contributed by atoms with E-state index in [1.807, 2.05) is 19.0 Å². The monoisotopic (exact) mass is 213 g/mol. The molecule has 4 heteroatoms. The molecule has 1 aliphatic heterocycles. The van der Waals surface area contributed by atoms with Crippen LogP contribution in [0.15, 0.2) is 0 Å². The summed E-state index contributed by atoms with van der Waals surface area (Å²) >= 11 is 0. The quantitative estimate of drug-likeness (QED) is 0.732. The van der Waals surface area contributed by atoms with E-state index in [1.54, 1.807) is 0 Å². The zero-order valence-electron chi connectivity index (χ0n) is 10.4. The lowest BCUT2D eigenvalue weighted by Crippen LogP contribution is -2.49. The summed E-state index contributed by atoms with van der Waals surface area (Å²) in [7, 11) is 4.07. The highest BCUT2D eigenvalue weighted by atomic mass is 16.2. The van der Waals surface area contributed by atoms with Crippen LogP contribution in [0, 0.1) is 5.92 Å². The number of nitrogens with zero attached hydrogens (tertiary/aromatic N) is 2. The molecule has 1 fully saturated rings. The van der Waals surface area contributed by atoms with Crippen molar-refractivity contribution in [2.75, 3.05) is 27.2 Å². The Balaban J connectivity index is 2.67. The second kappa shape index (κ2) is 4.94. The van der Waals surface area contributed by atoms with E-state index in [0.29, 0.717) is 12.5 Å². The Labute approximate surface area is 92.6 Å². The number of carbonyl (C=O) groups is 1. The molecule has 1 N–H and O–H groups in total. The van der Waals surface area contributed by atoms with E-state index in [9.17, 15) is 4.79 Å². The Morgan fingerprint density at radius 1 is 1.47 bits per heavy atom. The molecule has 0 aromatic rings. The summed E-state index contributed by atoms with van der Waals surface area (Å²) in [6, 6.07) is 0.273. The number of hydrogen-bond acceptors (Lipinski definition) is 3. The van der Waals surface area contributed by atoms with Gasteiger partial charge in [-0.1, -0.05) is 13.8 Å². The number of nitrogens with one attached hydrogen (secondary N) is 1. The number of rotatable bonds is 4. The van der Waals surface area contributed by atoms with Gasteiger partial charge in [-0.3, -0.25) is 10.1 Å². The Morgan fingerprint density at radius 3 is 2.53 bits per heavy atom. The minimum atomic E-state index is 0.201. The van der Waals surface area contributed by atoms with Crippen LogP contribution in [0.1, 0.15) is 20.8 Å². The number of likely N-dealkylation sites (N-methyl/N-ethyl adjacent to an activating group) is 1. The van der Waals surface area contributed by atoms with Crippen molar-refractivity contribution in [2.45, 2.75) is 33.0 Å². The molecule has 1 amide bonds. The normalized spacial score (nSPS) is 24.3. The largest absolute Gasteiger partial charge is 0.322 e. The summed E-state index contributed by atoms with van der Waals surface area (Å²) in [6.07, 6.45) is 0.201. The first kappa shape index (κ1) is 12.5. The summed E-state index contributed by atoms with van der Waals surface area (Å²) in [5.41, 5.74) is 0. The van der Waals surface area contributed by atoms with E-state index in [2.05, 4.69) is 31.0 Å². The molecule has 0 aliphatic carbocycles. The SMILES string of the molecule is CC(C)C1NCC(=O)N1C(C)CN(C)C. The van der Waals surface area contributed by atoms with Gasteiger partial charge in [0.15, 0.2) is 0 Å². The van der Waals surface area contributed by atoms with E-state index in [1.165, 1.54) is 0 Å². The maximum atomic E-state index is 11.8. The van der Waals surface area contributed by atoms with E-state index in [0.717, 1.165) is 6.54 Å². The lowest BCUT2D eigenvalue weighted by molar-refractivity contribution is -0.130. The maximum Gasteiger partial charge on any atom is 0.238 e. The van der Waals surface area contributed by atoms with Crippen molar-refractivity contribution in [2.24, 2.45) is 5.92 Å². The highest BCUT2D eigenvalue weighted by Gasteiger charge is 2.35. The predicted octanol–water partition coefficient (Wildman–Crippen LogP) is 0.350. The Morgan fingerprint density at radius 2 is 2.07 bits per heavy atom. The Bertz CT molecular complexity index is 228. The molecule has 1 saturated heterocycles. The molecule has 2 atom stereocenters. The van der Waals surface area contributed by atoms with Crippen molar-refractivity contribution in [3.8, 4) is 0 Å². The van der Waals surface area contributed by atoms with E-state index < -0.39 is 0 Å². The molecule has 0 spiro atoms. The first-order valence-electron chi connectivity index (χ1n) is 5.62. The van der Waals surface area contributed by atoms with E-state index >= 15 is 0 Å². The van der Waals surface area contributed by atoms with Crippen LogP contribution < -0.4 is 5.32 Å². The smallest absolute Gasteiger partial charge is 0.238 e. The number of carbonyl (C=O) groups excluding carboxylic acids is 1. The molecule has 0 saturated carbocycles. The minimum absolute atomic E-state index is 0.201. The van der Waals surface area contributed by atoms with Gasteiger partial charge in [-0.2, -0.15) is 0 Å². The van der Waals surface area contributed by atoms with E-state index in [4.69, 9.17) is 0 Å². The highest BCUT2D eigenvalue weighted by molar-refractivity contribution is 5.81. The molecule has 0 aromatic heterocycles. The molecule has 2 unspecified atom stereocenters. The van der Waals surface area contributed by atoms with Crippen LogP contribution in [0.25, 0.3) is 0 Å². The van der Waals surface area contributed by atoms with Gasteiger partial charge in [-0.15, -0.1) is 0 Å². The fraction of sp³-hybridized carbons (Fsp3) is 0.909. The molecular weight excluding hydrogens is 190 g/mol. The van der Waals surface area contributed by atoms with Crippen molar-refractivity contribution >= 4 is 5.91 Å². The Kier molecular flexibility index (Phi) is 4.11. The third-order valence-corrected chi connectivity index (χ3v) is 2.79. The minimum Gasteiger partial charge on any atom is -0.322 e. The summed E-state index contributed by atoms with van der Waals surface area (Å²) < 4.78 is 0. The second-order valence-corrected chi connectivity index (χ2v) is 4.98. The molecule has 0 aromatic carbocycles. The van der Waals surface area contributed by atoms with Crippen LogP contribution >= 0.6 is 0 Å². The predicted molar refractivity (Wildman–Crippen MR) is 61.5 cm³/mol. The molecule has 0 bridgehead atoms. The standard InChI is InChI=1S/C11H23N3O/c1-8(2)11-12-6-10(15)14(11)9(3)7-13(4)5/h8-9,11-12H,6-7H2,1-5H3. The van der Waals surface area contributed by atoms with Gasteiger partial charge in [0.05, 0.1) is 12.7 Å². The molecule has 1 rings (SSSR count). The molecule has 88 valence electrons. The van der Waals surface area contributed by atoms with Crippen molar-refractivity contribution < 1.29 is 4.79 Å². The summed E-state index contributed by atoms with van der Waals surface area (Å²) in [6.45, 7) is 7.80. The first-order chi connectivity index (χ1) is 6.93. The van der Waals surface area contributed by atoms with Crippen molar-refractivity contribution in [1.29, 1.82) is 0 Å². The van der Waals surface area contributed by atoms with Crippen LogP contribution in [0.3, 0.4) is 0 Å². The van der Waals surface area contributed by atoms with E-state index in [-0.39, 0.29) is 18.1 Å². The van der Waals surface area contributed by atoms with Gasteiger partial charge in [0.1, 0.15) is 0 Å². The van der Waals surface area contributed by atoms with Crippen LogP contribution in [-0.4, -0.2) is 55.1 Å². The van der Waals surface area contributed by atoms with Gasteiger partial charge in [-0.25, -0.2) is 0 Å². The van der Waals surface area contributed by atoms with Gasteiger partial charge >= 0.3 is 0 Å². The molecule has 0 radical (unpaired) electrons. The van der Waals surface area contributed by atoms with Crippen molar-refractivity contribution in [3.63, 3.8) is 0 Å². The van der Waals surface area contributed by atoms with Crippen LogP contribution in [-0.2, 0) is 4.79 Å². The van der Waals surface area contributed by atoms with Crippen LogP contribution in [0.2, 0.25) is 0 Å². The second-order valence-electron chi connectivity index (χ2n) is 4.98. The average Bonchev–Trinajstić information content (AvgIpc) is 2.45. The fourth-order valence-corrected chi connectivity index (χ4v) is 2.23. The van der Waals surface area contributed by atoms with Crippen molar-refractivity contribution in [1.82, 2.24) is 15.1 Å². The average molecular weight is 213 g/mol. The van der Waals surface area contributed by atoms with Crippen LogP contribution in [0.5, 0.6) is 0 Å². The highest BCUT2D eigenvalue weighted by Crippen LogP contribution is 2.17. The van der Waals surface area contributed by atoms with Gasteiger partial charge in [0.2, 0.25) is 5.91 Å². The zero-order valence-corrected chi connectivity index (χ0v) is 10.4. The molecular formula is C11H23N3O. The first-order valence-corrected chi connectivity index (χ1v) is 5.62. The number of amides is 1. The topological polar surface area (TPSA) is 35.6 Å². The van der Waals surface area contributed by atoms with Gasteiger partial charge in [0.25, 0.3) is 0 Å². The molecule has 15 heavy (non-hydrogen) atoms. The fourth-order valence-electron chi connectivity index (χ4n) is 2.23. The third-order valence-electron chi connectivity index (χ3n) is 2.79. The maximum absolute atomic E-state index is 11.8. The van der Waals surface area contributed by atoms with Gasteiger partial charge in [-0.05, 0) is 26.9 Å². The van der Waals surface area contributed by atoms with Crippen molar-refractivity contribution in [3.05, 3.63) is 0 Å². The zero-order chi connectivity index (χ0) is 11.6. The number of hydrogen-bond donors (Lipinski definition) is 1. The van der Waals surface area contributed by atoms with Gasteiger partial charge < -0.3 is 9.80 Å². The molecule has 1 heterocycles. The summed E-state index contributed by atoms with van der Waals surface area (Å²) in [5.74, 6) is 0.684. The lowest BCUT2D eigenvalue weighted by Gasteiger charge is -2.34. The lowest BCUT2D eigenvalue weighted by atomic mass is 10.1.